The monoisotopic (exact) mass is 449 g/mol. The van der Waals surface area contributed by atoms with Crippen LogP contribution in [0.5, 0.6) is 0 Å². The van der Waals surface area contributed by atoms with E-state index in [1.54, 1.807) is 13.0 Å². The molecule has 0 radical (unpaired) electrons. The third kappa shape index (κ3) is 2.46. The van der Waals surface area contributed by atoms with Gasteiger partial charge in [0.2, 0.25) is 5.91 Å². The van der Waals surface area contributed by atoms with Crippen LogP contribution in [0.3, 0.4) is 0 Å². The van der Waals surface area contributed by atoms with Crippen LogP contribution in [0.4, 0.5) is 0 Å². The Labute approximate surface area is 193 Å². The molecule has 1 aromatic carbocycles. The summed E-state index contributed by atoms with van der Waals surface area (Å²) in [4.78, 5) is 27.1. The standard InChI is InChI=1S/C27H31NO5/c1-16-14-25-15-26(16,32)11-8-18(25)27-12-9-19(29)24(2,23(31)33-27)21(27)20(25)22(30)28-13-10-17-6-4-3-5-7-17/h3-7,9,12,18-21,29,32H,1,8,10-11,13-15H2,2H3,(H,28,30)/t18-,19+,20-,21-,24+,25+,26+,27-/m1/s1. The van der Waals surface area contributed by atoms with E-state index in [-0.39, 0.29) is 11.8 Å². The highest BCUT2D eigenvalue weighted by Gasteiger charge is 2.83. The Morgan fingerprint density at radius 2 is 2.06 bits per heavy atom. The van der Waals surface area contributed by atoms with Crippen LogP contribution >= 0.6 is 0 Å². The summed E-state index contributed by atoms with van der Waals surface area (Å²) in [6.07, 6.45) is 5.43. The molecule has 3 saturated carbocycles. The lowest BCUT2D eigenvalue weighted by molar-refractivity contribution is -0.160. The van der Waals surface area contributed by atoms with Crippen molar-refractivity contribution in [2.24, 2.45) is 28.6 Å². The second kappa shape index (κ2) is 6.57. The Morgan fingerprint density at radius 1 is 1.30 bits per heavy atom. The van der Waals surface area contributed by atoms with E-state index in [9.17, 15) is 19.8 Å². The lowest BCUT2D eigenvalue weighted by atomic mass is 9.60. The number of amides is 1. The number of fused-ring (bicyclic) bond motifs is 1. The van der Waals surface area contributed by atoms with Crippen molar-refractivity contribution in [3.63, 3.8) is 0 Å². The maximum Gasteiger partial charge on any atom is 0.316 e. The smallest absolute Gasteiger partial charge is 0.316 e. The number of benzene rings is 1. The number of hydrogen-bond acceptors (Lipinski definition) is 5. The number of rotatable bonds is 4. The summed E-state index contributed by atoms with van der Waals surface area (Å²) in [5.41, 5.74) is -1.71. The number of aliphatic hydroxyl groups excluding tert-OH is 1. The highest BCUT2D eigenvalue weighted by atomic mass is 16.6. The predicted molar refractivity (Wildman–Crippen MR) is 121 cm³/mol. The molecule has 6 heteroatoms. The molecular formula is C27H31NO5. The summed E-state index contributed by atoms with van der Waals surface area (Å²) < 4.78 is 6.13. The van der Waals surface area contributed by atoms with Gasteiger partial charge in [0.15, 0.2) is 0 Å². The molecular weight excluding hydrogens is 418 g/mol. The van der Waals surface area contributed by atoms with Crippen LogP contribution in [-0.2, 0) is 20.7 Å². The fourth-order valence-electron chi connectivity index (χ4n) is 8.24. The van der Waals surface area contributed by atoms with Gasteiger partial charge in [-0.1, -0.05) is 43.0 Å². The lowest BCUT2D eigenvalue weighted by Crippen LogP contribution is -2.52. The first-order valence-electron chi connectivity index (χ1n) is 12.0. The summed E-state index contributed by atoms with van der Waals surface area (Å²) in [6, 6.07) is 9.98. The second-order valence-electron chi connectivity index (χ2n) is 11.1. The molecule has 4 aliphatic carbocycles. The van der Waals surface area contributed by atoms with E-state index in [1.165, 1.54) is 0 Å². The molecule has 1 aliphatic heterocycles. The molecule has 8 atom stereocenters. The van der Waals surface area contributed by atoms with Crippen LogP contribution in [0.1, 0.15) is 38.2 Å². The third-order valence-corrected chi connectivity index (χ3v) is 9.69. The molecule has 0 aromatic heterocycles. The van der Waals surface area contributed by atoms with Gasteiger partial charge in [0.05, 0.1) is 17.6 Å². The molecule has 0 unspecified atom stereocenters. The van der Waals surface area contributed by atoms with Crippen molar-refractivity contribution in [3.8, 4) is 0 Å². The normalized spacial score (nSPS) is 46.6. The average Bonchev–Trinajstić information content (AvgIpc) is 3.21. The summed E-state index contributed by atoms with van der Waals surface area (Å²) in [6.45, 7) is 6.41. The Hall–Kier alpha value is -2.44. The van der Waals surface area contributed by atoms with Crippen molar-refractivity contribution in [1.29, 1.82) is 0 Å². The summed E-state index contributed by atoms with van der Waals surface area (Å²) in [7, 11) is 0. The molecule has 33 heavy (non-hydrogen) atoms. The molecule has 1 saturated heterocycles. The van der Waals surface area contributed by atoms with Gasteiger partial charge in [0, 0.05) is 18.4 Å². The van der Waals surface area contributed by atoms with Crippen LogP contribution in [0, 0.1) is 28.6 Å². The molecule has 3 N–H and O–H groups in total. The van der Waals surface area contributed by atoms with Gasteiger partial charge in [-0.05, 0) is 61.7 Å². The van der Waals surface area contributed by atoms with Crippen LogP contribution in [0.25, 0.3) is 0 Å². The second-order valence-corrected chi connectivity index (χ2v) is 11.1. The number of aliphatic hydroxyl groups is 2. The Kier molecular flexibility index (Phi) is 4.21. The molecule has 1 spiro atoms. The summed E-state index contributed by atoms with van der Waals surface area (Å²) in [5.74, 6) is -1.67. The number of hydrogen-bond donors (Lipinski definition) is 3. The topological polar surface area (TPSA) is 95.9 Å². The number of nitrogens with one attached hydrogen (secondary N) is 1. The Bertz CT molecular complexity index is 1080. The molecule has 1 aromatic rings. The lowest BCUT2D eigenvalue weighted by Gasteiger charge is -2.44. The zero-order valence-electron chi connectivity index (χ0n) is 18.9. The molecule has 5 aliphatic rings. The number of carbonyl (C=O) groups excluding carboxylic acids is 2. The molecule has 6 nitrogen and oxygen atoms in total. The number of esters is 1. The van der Waals surface area contributed by atoms with Gasteiger partial charge in [0.25, 0.3) is 0 Å². The highest BCUT2D eigenvalue weighted by Crippen LogP contribution is 2.77. The molecule has 1 amide bonds. The Balaban J connectivity index is 1.40. The van der Waals surface area contributed by atoms with Gasteiger partial charge >= 0.3 is 5.97 Å². The first-order chi connectivity index (χ1) is 15.7. The zero-order chi connectivity index (χ0) is 23.2. The van der Waals surface area contributed by atoms with Crippen molar-refractivity contribution < 1.29 is 24.5 Å². The van der Waals surface area contributed by atoms with E-state index < -0.39 is 45.9 Å². The van der Waals surface area contributed by atoms with E-state index in [1.807, 2.05) is 36.4 Å². The number of ether oxygens (including phenoxy) is 1. The minimum Gasteiger partial charge on any atom is -0.454 e. The largest absolute Gasteiger partial charge is 0.454 e. The van der Waals surface area contributed by atoms with E-state index in [0.29, 0.717) is 38.6 Å². The summed E-state index contributed by atoms with van der Waals surface area (Å²) >= 11 is 0. The molecule has 1 heterocycles. The van der Waals surface area contributed by atoms with Crippen molar-refractivity contribution in [3.05, 3.63) is 60.2 Å². The fourth-order valence-corrected chi connectivity index (χ4v) is 8.24. The minimum absolute atomic E-state index is 0.0890. The van der Waals surface area contributed by atoms with E-state index >= 15 is 0 Å². The first kappa shape index (κ1) is 21.1. The highest BCUT2D eigenvalue weighted by molar-refractivity contribution is 5.88. The van der Waals surface area contributed by atoms with Gasteiger partial charge in [-0.2, -0.15) is 0 Å². The van der Waals surface area contributed by atoms with Crippen LogP contribution < -0.4 is 5.32 Å². The SMILES string of the molecule is C=C1C[C@]23C[C@@]1(O)CC[C@H]2[C@@]12C=C[C@H](O)[C@](C)(C(=O)O1)[C@H]2[C@@H]3C(=O)NCCc1ccccc1. The number of carbonyl (C=O) groups is 2. The van der Waals surface area contributed by atoms with E-state index in [2.05, 4.69) is 11.9 Å². The van der Waals surface area contributed by atoms with Gasteiger partial charge in [-0.3, -0.25) is 9.59 Å². The zero-order valence-corrected chi connectivity index (χ0v) is 18.9. The van der Waals surface area contributed by atoms with Crippen molar-refractivity contribution in [2.75, 3.05) is 6.54 Å². The van der Waals surface area contributed by atoms with Crippen molar-refractivity contribution in [1.82, 2.24) is 5.32 Å². The van der Waals surface area contributed by atoms with Crippen molar-refractivity contribution in [2.45, 2.75) is 56.3 Å². The first-order valence-corrected chi connectivity index (χ1v) is 12.0. The van der Waals surface area contributed by atoms with Crippen LogP contribution in [0.15, 0.2) is 54.6 Å². The molecule has 4 bridgehead atoms. The van der Waals surface area contributed by atoms with Gasteiger partial charge < -0.3 is 20.3 Å². The average molecular weight is 450 g/mol. The third-order valence-electron chi connectivity index (χ3n) is 9.69. The maximum absolute atomic E-state index is 13.9. The Morgan fingerprint density at radius 3 is 2.82 bits per heavy atom. The minimum atomic E-state index is -1.19. The predicted octanol–water partition coefficient (Wildman–Crippen LogP) is 2.30. The van der Waals surface area contributed by atoms with Crippen molar-refractivity contribution >= 4 is 11.9 Å². The van der Waals surface area contributed by atoms with Gasteiger partial charge in [-0.15, -0.1) is 0 Å². The maximum atomic E-state index is 13.9. The fraction of sp³-hybridized carbons (Fsp3) is 0.556. The summed E-state index contributed by atoms with van der Waals surface area (Å²) in [5, 5.41) is 25.4. The van der Waals surface area contributed by atoms with E-state index in [4.69, 9.17) is 4.74 Å². The van der Waals surface area contributed by atoms with Crippen LogP contribution in [-0.4, -0.2) is 45.9 Å². The molecule has 6 rings (SSSR count). The molecule has 4 fully saturated rings. The van der Waals surface area contributed by atoms with Crippen LogP contribution in [0.2, 0.25) is 0 Å². The molecule has 174 valence electrons. The van der Waals surface area contributed by atoms with E-state index in [0.717, 1.165) is 11.1 Å². The van der Waals surface area contributed by atoms with Gasteiger partial charge in [-0.25, -0.2) is 0 Å². The quantitative estimate of drug-likeness (QED) is 0.484. The van der Waals surface area contributed by atoms with Gasteiger partial charge in [0.1, 0.15) is 11.0 Å².